The van der Waals surface area contributed by atoms with Gasteiger partial charge in [0.1, 0.15) is 5.84 Å². The molecule has 4 N–H and O–H groups in total. The molecule has 0 fully saturated rings. The molecule has 2 atom stereocenters. The van der Waals surface area contributed by atoms with Crippen molar-refractivity contribution in [1.29, 1.82) is 5.41 Å². The second-order valence-corrected chi connectivity index (χ2v) is 5.61. The first-order chi connectivity index (χ1) is 8.62. The Morgan fingerprint density at radius 1 is 1.37 bits per heavy atom. The van der Waals surface area contributed by atoms with E-state index in [-0.39, 0.29) is 10.8 Å². The molecule has 0 saturated heterocycles. The first-order valence-electron chi connectivity index (χ1n) is 5.53. The monoisotopic (exact) mass is 292 g/mol. The molecular weight excluding hydrogens is 277 g/mol. The van der Waals surface area contributed by atoms with Crippen LogP contribution in [0.1, 0.15) is 25.0 Å². The average Bonchev–Trinajstić information content (AvgIpc) is 2.27. The number of nitrogen functional groups attached to an aromatic ring is 1. The number of halogens is 3. The Balaban J connectivity index is 3.16. The fourth-order valence-corrected chi connectivity index (χ4v) is 2.36. The van der Waals surface area contributed by atoms with Crippen molar-refractivity contribution in [1.82, 2.24) is 0 Å². The summed E-state index contributed by atoms with van der Waals surface area (Å²) in [5.74, 6) is -0.425. The van der Waals surface area contributed by atoms with Crippen molar-refractivity contribution in [3.05, 3.63) is 29.3 Å². The molecule has 7 heteroatoms. The van der Waals surface area contributed by atoms with Crippen LogP contribution in [-0.4, -0.2) is 22.3 Å². The van der Waals surface area contributed by atoms with Crippen molar-refractivity contribution in [3.63, 3.8) is 0 Å². The molecule has 0 amide bonds. The largest absolute Gasteiger partial charge is 0.416 e. The van der Waals surface area contributed by atoms with E-state index in [0.717, 1.165) is 12.1 Å². The van der Waals surface area contributed by atoms with E-state index in [1.54, 1.807) is 13.8 Å². The number of thioether (sulfide) groups is 1. The number of aliphatic hydroxyl groups excluding tert-OH is 1. The van der Waals surface area contributed by atoms with Gasteiger partial charge in [-0.05, 0) is 25.1 Å². The maximum atomic E-state index is 12.6. The fraction of sp³-hybridized carbons (Fsp3) is 0.417. The minimum absolute atomic E-state index is 0.0346. The first-order valence-corrected chi connectivity index (χ1v) is 6.41. The van der Waals surface area contributed by atoms with Gasteiger partial charge in [0.15, 0.2) is 0 Å². The number of aliphatic hydroxyl groups is 1. The normalized spacial score (nSPS) is 15.1. The number of nitrogens with one attached hydrogen (secondary N) is 1. The van der Waals surface area contributed by atoms with Crippen LogP contribution in [0.2, 0.25) is 0 Å². The lowest BCUT2D eigenvalue weighted by Crippen LogP contribution is -2.18. The van der Waals surface area contributed by atoms with Crippen LogP contribution in [0.3, 0.4) is 0 Å². The third-order valence-electron chi connectivity index (χ3n) is 2.59. The Hall–Kier alpha value is -1.21. The van der Waals surface area contributed by atoms with Crippen molar-refractivity contribution < 1.29 is 18.3 Å². The number of benzene rings is 1. The highest BCUT2D eigenvalue weighted by Gasteiger charge is 2.31. The zero-order valence-corrected chi connectivity index (χ0v) is 11.3. The van der Waals surface area contributed by atoms with Crippen LogP contribution >= 0.6 is 11.8 Å². The average molecular weight is 292 g/mol. The van der Waals surface area contributed by atoms with E-state index in [1.165, 1.54) is 17.8 Å². The molecule has 0 aliphatic heterocycles. The third-order valence-corrected chi connectivity index (χ3v) is 3.96. The van der Waals surface area contributed by atoms with Gasteiger partial charge in [-0.15, -0.1) is 11.8 Å². The van der Waals surface area contributed by atoms with Crippen LogP contribution in [0, 0.1) is 5.41 Å². The van der Waals surface area contributed by atoms with E-state index in [2.05, 4.69) is 0 Å². The van der Waals surface area contributed by atoms with Gasteiger partial charge in [0.25, 0.3) is 0 Å². The number of hydrogen-bond acceptors (Lipinski definition) is 3. The molecule has 0 heterocycles. The first kappa shape index (κ1) is 15.8. The van der Waals surface area contributed by atoms with Gasteiger partial charge in [-0.1, -0.05) is 6.92 Å². The predicted octanol–water partition coefficient (Wildman–Crippen LogP) is 2.85. The molecular formula is C12H15F3N2OS. The molecule has 0 bridgehead atoms. The molecule has 0 aliphatic carbocycles. The van der Waals surface area contributed by atoms with Crippen molar-refractivity contribution >= 4 is 17.6 Å². The van der Waals surface area contributed by atoms with Gasteiger partial charge in [-0.3, -0.25) is 5.41 Å². The Labute approximate surface area is 113 Å². The molecule has 0 radical (unpaired) electrons. The van der Waals surface area contributed by atoms with Crippen LogP contribution in [0.15, 0.2) is 23.1 Å². The molecule has 2 unspecified atom stereocenters. The molecule has 1 aromatic rings. The second-order valence-electron chi connectivity index (χ2n) is 4.19. The molecule has 0 spiro atoms. The van der Waals surface area contributed by atoms with Gasteiger partial charge in [0.2, 0.25) is 0 Å². The number of hydrogen-bond donors (Lipinski definition) is 3. The Kier molecular flexibility index (Phi) is 4.86. The highest BCUT2D eigenvalue weighted by molar-refractivity contribution is 8.00. The van der Waals surface area contributed by atoms with E-state index in [9.17, 15) is 18.3 Å². The summed E-state index contributed by atoms with van der Waals surface area (Å²) >= 11 is 1.19. The maximum Gasteiger partial charge on any atom is 0.416 e. The molecule has 19 heavy (non-hydrogen) atoms. The van der Waals surface area contributed by atoms with Gasteiger partial charge in [-0.25, -0.2) is 0 Å². The molecule has 0 aliphatic rings. The van der Waals surface area contributed by atoms with Crippen molar-refractivity contribution in [3.8, 4) is 0 Å². The predicted molar refractivity (Wildman–Crippen MR) is 69.5 cm³/mol. The molecule has 106 valence electrons. The number of nitrogens with two attached hydrogens (primary N) is 1. The van der Waals surface area contributed by atoms with Crippen molar-refractivity contribution in [2.45, 2.75) is 36.3 Å². The third kappa shape index (κ3) is 4.14. The summed E-state index contributed by atoms with van der Waals surface area (Å²) in [6, 6.07) is 3.09. The summed E-state index contributed by atoms with van der Waals surface area (Å²) in [6.07, 6.45) is -5.09. The van der Waals surface area contributed by atoms with Gasteiger partial charge in [-0.2, -0.15) is 13.2 Å². The molecule has 1 aromatic carbocycles. The Morgan fingerprint density at radius 2 is 1.95 bits per heavy atom. The van der Waals surface area contributed by atoms with Crippen LogP contribution in [0.5, 0.6) is 0 Å². The molecule has 3 nitrogen and oxygen atoms in total. The summed E-state index contributed by atoms with van der Waals surface area (Å²) in [5.41, 5.74) is 4.51. The molecule has 0 aromatic heterocycles. The zero-order chi connectivity index (χ0) is 14.8. The number of rotatable bonds is 4. The zero-order valence-electron chi connectivity index (χ0n) is 10.5. The van der Waals surface area contributed by atoms with Crippen LogP contribution in [0.4, 0.5) is 13.2 Å². The fourth-order valence-electron chi connectivity index (χ4n) is 1.32. The van der Waals surface area contributed by atoms with Gasteiger partial charge in [0.05, 0.1) is 11.7 Å². The van der Waals surface area contributed by atoms with Crippen LogP contribution in [-0.2, 0) is 6.18 Å². The van der Waals surface area contributed by atoms with Crippen molar-refractivity contribution in [2.24, 2.45) is 5.73 Å². The molecule has 0 saturated carbocycles. The van der Waals surface area contributed by atoms with Gasteiger partial charge < -0.3 is 10.8 Å². The van der Waals surface area contributed by atoms with E-state index in [0.29, 0.717) is 4.90 Å². The van der Waals surface area contributed by atoms with Crippen LogP contribution < -0.4 is 5.73 Å². The van der Waals surface area contributed by atoms with E-state index in [1.807, 2.05) is 0 Å². The second kappa shape index (κ2) is 5.83. The summed E-state index contributed by atoms with van der Waals surface area (Å²) in [5, 5.41) is 16.6. The smallest absolute Gasteiger partial charge is 0.392 e. The quantitative estimate of drug-likeness (QED) is 0.454. The Morgan fingerprint density at radius 3 is 2.37 bits per heavy atom. The van der Waals surface area contributed by atoms with Crippen LogP contribution in [0.25, 0.3) is 0 Å². The summed E-state index contributed by atoms with van der Waals surface area (Å²) < 4.78 is 37.8. The lowest BCUT2D eigenvalue weighted by atomic mass is 10.1. The van der Waals surface area contributed by atoms with E-state index in [4.69, 9.17) is 11.1 Å². The summed E-state index contributed by atoms with van der Waals surface area (Å²) in [6.45, 7) is 3.34. The topological polar surface area (TPSA) is 70.1 Å². The number of amidine groups is 1. The Bertz CT molecular complexity index is 475. The number of alkyl halides is 3. The highest BCUT2D eigenvalue weighted by atomic mass is 32.2. The van der Waals surface area contributed by atoms with E-state index < -0.39 is 23.7 Å². The summed E-state index contributed by atoms with van der Waals surface area (Å²) in [7, 11) is 0. The molecule has 1 rings (SSSR count). The lowest BCUT2D eigenvalue weighted by molar-refractivity contribution is -0.137. The lowest BCUT2D eigenvalue weighted by Gasteiger charge is -2.17. The van der Waals surface area contributed by atoms with Gasteiger partial charge in [0, 0.05) is 15.7 Å². The SMILES string of the molecule is CC(O)C(C)Sc1ccc(C(F)(F)F)cc1C(=N)N. The van der Waals surface area contributed by atoms with Crippen molar-refractivity contribution in [2.75, 3.05) is 0 Å². The van der Waals surface area contributed by atoms with Gasteiger partial charge >= 0.3 is 6.18 Å². The minimum atomic E-state index is -4.47. The standard InChI is InChI=1S/C12H15F3N2OS/c1-6(18)7(2)19-10-4-3-8(12(13,14)15)5-9(10)11(16)17/h3-7,18H,1-2H3,(H3,16,17). The summed E-state index contributed by atoms with van der Waals surface area (Å²) in [4.78, 5) is 0.453. The minimum Gasteiger partial charge on any atom is -0.392 e. The van der Waals surface area contributed by atoms with E-state index >= 15 is 0 Å². The maximum absolute atomic E-state index is 12.6. The highest BCUT2D eigenvalue weighted by Crippen LogP contribution is 2.34.